The van der Waals surface area contributed by atoms with E-state index < -0.39 is 0 Å². The quantitative estimate of drug-likeness (QED) is 0.774. The monoisotopic (exact) mass is 335 g/mol. The van der Waals surface area contributed by atoms with Crippen LogP contribution in [-0.4, -0.2) is 30.6 Å². The molecule has 0 spiro atoms. The number of hydrogen-bond donors (Lipinski definition) is 3. The van der Waals surface area contributed by atoms with Crippen LogP contribution in [0, 0.1) is 11.7 Å². The summed E-state index contributed by atoms with van der Waals surface area (Å²) < 4.78 is 13.0. The number of rotatable bonds is 5. The third kappa shape index (κ3) is 5.51. The Labute approximate surface area is 142 Å². The van der Waals surface area contributed by atoms with Crippen LogP contribution in [0.5, 0.6) is 0 Å². The summed E-state index contributed by atoms with van der Waals surface area (Å²) in [6.45, 7) is 4.68. The zero-order valence-electron chi connectivity index (χ0n) is 14.3. The zero-order chi connectivity index (χ0) is 17.5. The van der Waals surface area contributed by atoms with E-state index in [0.29, 0.717) is 18.0 Å². The fourth-order valence-corrected chi connectivity index (χ4v) is 2.85. The predicted molar refractivity (Wildman–Crippen MR) is 91.3 cm³/mol. The van der Waals surface area contributed by atoms with Crippen molar-refractivity contribution in [1.82, 2.24) is 16.0 Å². The van der Waals surface area contributed by atoms with E-state index >= 15 is 0 Å². The normalized spacial score (nSPS) is 20.5. The Morgan fingerprint density at radius 1 is 1.08 bits per heavy atom. The molecule has 2 atom stereocenters. The summed E-state index contributed by atoms with van der Waals surface area (Å²) in [6.07, 6.45) is 3.70. The highest BCUT2D eigenvalue weighted by molar-refractivity contribution is 5.94. The Hall–Kier alpha value is -2.11. The van der Waals surface area contributed by atoms with Crippen LogP contribution in [0.3, 0.4) is 0 Å². The molecule has 2 rings (SSSR count). The van der Waals surface area contributed by atoms with Gasteiger partial charge in [-0.25, -0.2) is 9.18 Å². The maximum Gasteiger partial charge on any atom is 0.315 e. The molecule has 24 heavy (non-hydrogen) atoms. The molecule has 5 nitrogen and oxygen atoms in total. The molecule has 1 aliphatic carbocycles. The molecule has 0 aromatic heterocycles. The molecule has 3 amide bonds. The summed E-state index contributed by atoms with van der Waals surface area (Å²) in [5, 5.41) is 8.77. The van der Waals surface area contributed by atoms with Crippen LogP contribution in [0.15, 0.2) is 24.3 Å². The first kappa shape index (κ1) is 18.2. The van der Waals surface area contributed by atoms with Gasteiger partial charge in [0, 0.05) is 18.2 Å². The van der Waals surface area contributed by atoms with Gasteiger partial charge in [-0.3, -0.25) is 4.79 Å². The van der Waals surface area contributed by atoms with E-state index in [4.69, 9.17) is 0 Å². The Bertz CT molecular complexity index is 560. The van der Waals surface area contributed by atoms with Gasteiger partial charge in [0.1, 0.15) is 5.82 Å². The Balaban J connectivity index is 1.92. The van der Waals surface area contributed by atoms with Gasteiger partial charge in [-0.15, -0.1) is 0 Å². The smallest absolute Gasteiger partial charge is 0.315 e. The van der Waals surface area contributed by atoms with Crippen molar-refractivity contribution < 1.29 is 14.0 Å². The lowest BCUT2D eigenvalue weighted by Gasteiger charge is -2.33. The van der Waals surface area contributed by atoms with Gasteiger partial charge in [-0.1, -0.05) is 26.7 Å². The lowest BCUT2D eigenvalue weighted by atomic mass is 9.90. The molecular weight excluding hydrogens is 309 g/mol. The Morgan fingerprint density at radius 2 is 1.67 bits per heavy atom. The van der Waals surface area contributed by atoms with Crippen molar-refractivity contribution in [3.8, 4) is 0 Å². The van der Waals surface area contributed by atoms with E-state index in [0.717, 1.165) is 25.7 Å². The Morgan fingerprint density at radius 3 is 2.25 bits per heavy atom. The fraction of sp³-hybridized carbons (Fsp3) is 0.556. The minimum atomic E-state index is -0.370. The van der Waals surface area contributed by atoms with Crippen LogP contribution >= 0.6 is 0 Å². The topological polar surface area (TPSA) is 70.2 Å². The fourth-order valence-electron chi connectivity index (χ4n) is 2.85. The molecule has 1 fully saturated rings. The second kappa shape index (κ2) is 8.66. The number of carbonyl (C=O) groups is 2. The minimum Gasteiger partial charge on any atom is -0.347 e. The molecule has 0 aliphatic heterocycles. The molecule has 2 unspecified atom stereocenters. The first-order valence-electron chi connectivity index (χ1n) is 8.56. The maximum atomic E-state index is 13.0. The van der Waals surface area contributed by atoms with Crippen LogP contribution in [0.25, 0.3) is 0 Å². The molecule has 132 valence electrons. The van der Waals surface area contributed by atoms with Gasteiger partial charge in [0.2, 0.25) is 0 Å². The molecule has 3 N–H and O–H groups in total. The number of nitrogens with one attached hydrogen (secondary N) is 3. The van der Waals surface area contributed by atoms with E-state index in [2.05, 4.69) is 16.0 Å². The first-order valence-corrected chi connectivity index (χ1v) is 8.56. The van der Waals surface area contributed by atoms with Gasteiger partial charge in [0.05, 0.1) is 6.04 Å². The molecule has 1 aromatic rings. The SMILES string of the molecule is CC(C)CNC(=O)NC1CCCCC1NC(=O)c1ccc(F)cc1. The Kier molecular flexibility index (Phi) is 6.58. The predicted octanol–water partition coefficient (Wildman–Crippen LogP) is 2.82. The molecular formula is C18H26FN3O2. The van der Waals surface area contributed by atoms with Crippen LogP contribution in [-0.2, 0) is 0 Å². The van der Waals surface area contributed by atoms with Gasteiger partial charge in [0.15, 0.2) is 0 Å². The molecule has 1 saturated carbocycles. The third-order valence-corrected chi connectivity index (χ3v) is 4.18. The molecule has 6 heteroatoms. The molecule has 1 aromatic carbocycles. The summed E-state index contributed by atoms with van der Waals surface area (Å²) >= 11 is 0. The van der Waals surface area contributed by atoms with Gasteiger partial charge < -0.3 is 16.0 Å². The van der Waals surface area contributed by atoms with Gasteiger partial charge in [-0.05, 0) is 43.0 Å². The van der Waals surface area contributed by atoms with Crippen LogP contribution < -0.4 is 16.0 Å². The number of carbonyl (C=O) groups excluding carboxylic acids is 2. The number of halogens is 1. The second-order valence-electron chi connectivity index (χ2n) is 6.73. The largest absolute Gasteiger partial charge is 0.347 e. The molecule has 0 saturated heterocycles. The second-order valence-corrected chi connectivity index (χ2v) is 6.73. The van der Waals surface area contributed by atoms with E-state index in [1.54, 1.807) is 0 Å². The highest BCUT2D eigenvalue weighted by Crippen LogP contribution is 2.19. The first-order chi connectivity index (χ1) is 11.5. The summed E-state index contributed by atoms with van der Waals surface area (Å²) in [5.74, 6) is -0.224. The third-order valence-electron chi connectivity index (χ3n) is 4.18. The summed E-state index contributed by atoms with van der Waals surface area (Å²) in [4.78, 5) is 24.3. The van der Waals surface area contributed by atoms with Crippen molar-refractivity contribution in [3.63, 3.8) is 0 Å². The van der Waals surface area contributed by atoms with Crippen LogP contribution in [0.1, 0.15) is 49.9 Å². The highest BCUT2D eigenvalue weighted by Gasteiger charge is 2.28. The number of hydrogen-bond acceptors (Lipinski definition) is 2. The van der Waals surface area contributed by atoms with Crippen LogP contribution in [0.2, 0.25) is 0 Å². The van der Waals surface area contributed by atoms with E-state index in [1.807, 2.05) is 13.8 Å². The number of urea groups is 1. The van der Waals surface area contributed by atoms with Gasteiger partial charge in [0.25, 0.3) is 5.91 Å². The summed E-state index contributed by atoms with van der Waals surface area (Å²) in [5.41, 5.74) is 0.421. The summed E-state index contributed by atoms with van der Waals surface area (Å²) in [6, 6.07) is 5.07. The van der Waals surface area contributed by atoms with E-state index in [-0.39, 0.29) is 29.8 Å². The lowest BCUT2D eigenvalue weighted by Crippen LogP contribution is -2.55. The highest BCUT2D eigenvalue weighted by atomic mass is 19.1. The number of amides is 3. The average Bonchev–Trinajstić information content (AvgIpc) is 2.55. The minimum absolute atomic E-state index is 0.0877. The van der Waals surface area contributed by atoms with Crippen molar-refractivity contribution in [2.75, 3.05) is 6.54 Å². The molecule has 1 aliphatic rings. The lowest BCUT2D eigenvalue weighted by molar-refractivity contribution is 0.0916. The maximum absolute atomic E-state index is 13.0. The molecule has 0 heterocycles. The van der Waals surface area contributed by atoms with Crippen molar-refractivity contribution >= 4 is 11.9 Å². The molecule has 0 radical (unpaired) electrons. The van der Waals surface area contributed by atoms with Gasteiger partial charge >= 0.3 is 6.03 Å². The van der Waals surface area contributed by atoms with E-state index in [1.165, 1.54) is 24.3 Å². The standard InChI is InChI=1S/C18H26FN3O2/c1-12(2)11-20-18(24)22-16-6-4-3-5-15(16)21-17(23)13-7-9-14(19)10-8-13/h7-10,12,15-16H,3-6,11H2,1-2H3,(H,21,23)(H2,20,22,24). The summed E-state index contributed by atoms with van der Waals surface area (Å²) in [7, 11) is 0. The number of benzene rings is 1. The van der Waals surface area contributed by atoms with Gasteiger partial charge in [-0.2, -0.15) is 0 Å². The van der Waals surface area contributed by atoms with Crippen molar-refractivity contribution in [2.24, 2.45) is 5.92 Å². The zero-order valence-corrected chi connectivity index (χ0v) is 14.3. The van der Waals surface area contributed by atoms with Crippen LogP contribution in [0.4, 0.5) is 9.18 Å². The van der Waals surface area contributed by atoms with E-state index in [9.17, 15) is 14.0 Å². The average molecular weight is 335 g/mol. The van der Waals surface area contributed by atoms with Crippen molar-refractivity contribution in [3.05, 3.63) is 35.6 Å². The van der Waals surface area contributed by atoms with Crippen molar-refractivity contribution in [2.45, 2.75) is 51.6 Å². The van der Waals surface area contributed by atoms with Crippen molar-refractivity contribution in [1.29, 1.82) is 0 Å². The molecule has 0 bridgehead atoms.